The van der Waals surface area contributed by atoms with E-state index in [9.17, 15) is 0 Å². The van der Waals surface area contributed by atoms with Gasteiger partial charge in [0.25, 0.3) is 0 Å². The summed E-state index contributed by atoms with van der Waals surface area (Å²) in [5.41, 5.74) is 1.65. The van der Waals surface area contributed by atoms with Crippen LogP contribution in [0.2, 0.25) is 0 Å². The van der Waals surface area contributed by atoms with Gasteiger partial charge in [0.15, 0.2) is 0 Å². The summed E-state index contributed by atoms with van der Waals surface area (Å²) in [5, 5.41) is 8.72. The molecule has 1 atom stereocenters. The Labute approximate surface area is 74.8 Å². The number of aliphatic hydroxyl groups is 1. The van der Waals surface area contributed by atoms with E-state index in [0.29, 0.717) is 12.0 Å². The Hall–Kier alpha value is -0.560. The summed E-state index contributed by atoms with van der Waals surface area (Å²) in [6.45, 7) is 4.69. The first-order valence-corrected chi connectivity index (χ1v) is 4.63. The van der Waals surface area contributed by atoms with Gasteiger partial charge in [-0.3, -0.25) is 0 Å². The van der Waals surface area contributed by atoms with E-state index in [0.717, 1.165) is 19.3 Å². The van der Waals surface area contributed by atoms with Crippen molar-refractivity contribution in [2.45, 2.75) is 33.1 Å². The van der Waals surface area contributed by atoms with Gasteiger partial charge in [-0.2, -0.15) is 0 Å². The van der Waals surface area contributed by atoms with Crippen LogP contribution >= 0.6 is 0 Å². The van der Waals surface area contributed by atoms with Gasteiger partial charge in [0.2, 0.25) is 0 Å². The highest BCUT2D eigenvalue weighted by Gasteiger charge is 2.20. The van der Waals surface area contributed by atoms with E-state index in [1.54, 1.807) is 0 Å². The van der Waals surface area contributed by atoms with E-state index < -0.39 is 0 Å². The van der Waals surface area contributed by atoms with Gasteiger partial charge in [0.05, 0.1) is 0 Å². The van der Waals surface area contributed by atoms with Crippen LogP contribution in [0.3, 0.4) is 0 Å². The third-order valence-electron chi connectivity index (χ3n) is 2.54. The van der Waals surface area contributed by atoms with E-state index in [2.05, 4.69) is 32.1 Å². The molecule has 0 saturated heterocycles. The number of hydrogen-bond acceptors (Lipinski definition) is 1. The molecule has 0 bridgehead atoms. The lowest BCUT2D eigenvalue weighted by Crippen LogP contribution is -2.15. The normalized spacial score (nSPS) is 28.8. The third kappa shape index (κ3) is 2.49. The van der Waals surface area contributed by atoms with Crippen LogP contribution in [0, 0.1) is 5.41 Å². The van der Waals surface area contributed by atoms with Crippen LogP contribution < -0.4 is 0 Å². The molecule has 0 aromatic heterocycles. The summed E-state index contributed by atoms with van der Waals surface area (Å²) >= 11 is 0. The standard InChI is InChI=1S/C11H18O/c1-10-4-7-11(2,8-5-10)6-3-9-12/h4-5,7,12H,3,6,8-9H2,1-2H3. The minimum atomic E-state index is 0.294. The monoisotopic (exact) mass is 166 g/mol. The number of hydrogen-bond donors (Lipinski definition) is 1. The molecule has 1 rings (SSSR count). The summed E-state index contributed by atoms with van der Waals surface area (Å²) in [7, 11) is 0. The second-order valence-corrected chi connectivity index (χ2v) is 3.97. The van der Waals surface area contributed by atoms with Crippen LogP contribution in [0.15, 0.2) is 23.8 Å². The summed E-state index contributed by atoms with van der Waals surface area (Å²) < 4.78 is 0. The van der Waals surface area contributed by atoms with Crippen LogP contribution in [0.1, 0.15) is 33.1 Å². The van der Waals surface area contributed by atoms with E-state index in [1.807, 2.05) is 0 Å². The maximum absolute atomic E-state index is 8.72. The lowest BCUT2D eigenvalue weighted by Gasteiger charge is -2.27. The second-order valence-electron chi connectivity index (χ2n) is 3.97. The smallest absolute Gasteiger partial charge is 0.0431 e. The molecule has 0 aliphatic heterocycles. The zero-order valence-corrected chi connectivity index (χ0v) is 8.01. The first kappa shape index (κ1) is 9.53. The minimum absolute atomic E-state index is 0.294. The zero-order chi connectivity index (χ0) is 9.03. The fourth-order valence-electron chi connectivity index (χ4n) is 1.53. The number of aliphatic hydroxyl groups excluding tert-OH is 1. The van der Waals surface area contributed by atoms with Crippen molar-refractivity contribution in [3.63, 3.8) is 0 Å². The molecule has 1 nitrogen and oxygen atoms in total. The highest BCUT2D eigenvalue weighted by Crippen LogP contribution is 2.33. The van der Waals surface area contributed by atoms with Crippen molar-refractivity contribution in [2.24, 2.45) is 5.41 Å². The van der Waals surface area contributed by atoms with Gasteiger partial charge in [-0.05, 0) is 31.6 Å². The molecule has 1 aliphatic carbocycles. The van der Waals surface area contributed by atoms with Crippen LogP contribution in [-0.2, 0) is 0 Å². The maximum atomic E-state index is 8.72. The lowest BCUT2D eigenvalue weighted by atomic mass is 9.78. The average Bonchev–Trinajstić information content (AvgIpc) is 2.08. The molecule has 0 aromatic rings. The van der Waals surface area contributed by atoms with E-state index in [4.69, 9.17) is 5.11 Å². The van der Waals surface area contributed by atoms with E-state index >= 15 is 0 Å². The van der Waals surface area contributed by atoms with Gasteiger partial charge in [-0.1, -0.05) is 30.7 Å². The second kappa shape index (κ2) is 3.90. The summed E-state index contributed by atoms with van der Waals surface area (Å²) in [6, 6.07) is 0. The average molecular weight is 166 g/mol. The summed E-state index contributed by atoms with van der Waals surface area (Å²) in [6.07, 6.45) is 9.85. The predicted octanol–water partition coefficient (Wildman–Crippen LogP) is 2.67. The van der Waals surface area contributed by atoms with Gasteiger partial charge < -0.3 is 5.11 Å². The number of rotatable bonds is 3. The SMILES string of the molecule is CC1=CCC(C)(CCCO)C=C1. The van der Waals surface area contributed by atoms with Crippen LogP contribution in [0.25, 0.3) is 0 Å². The molecule has 0 spiro atoms. The Bertz CT molecular complexity index is 203. The van der Waals surface area contributed by atoms with Crippen LogP contribution in [0.4, 0.5) is 0 Å². The quantitative estimate of drug-likeness (QED) is 0.683. The van der Waals surface area contributed by atoms with Gasteiger partial charge >= 0.3 is 0 Å². The van der Waals surface area contributed by atoms with Gasteiger partial charge in [-0.25, -0.2) is 0 Å². The molecule has 68 valence electrons. The fourth-order valence-corrected chi connectivity index (χ4v) is 1.53. The van der Waals surface area contributed by atoms with Gasteiger partial charge in [0.1, 0.15) is 0 Å². The molecule has 1 N–H and O–H groups in total. The Morgan fingerprint density at radius 2 is 2.33 bits per heavy atom. The van der Waals surface area contributed by atoms with Gasteiger partial charge in [-0.15, -0.1) is 0 Å². The molecule has 0 aromatic carbocycles. The van der Waals surface area contributed by atoms with Crippen molar-refractivity contribution in [2.75, 3.05) is 6.61 Å². The van der Waals surface area contributed by atoms with Crippen molar-refractivity contribution in [1.82, 2.24) is 0 Å². The van der Waals surface area contributed by atoms with Crippen molar-refractivity contribution < 1.29 is 5.11 Å². The topological polar surface area (TPSA) is 20.2 Å². The fraction of sp³-hybridized carbons (Fsp3) is 0.636. The Morgan fingerprint density at radius 1 is 1.58 bits per heavy atom. The Morgan fingerprint density at radius 3 is 2.83 bits per heavy atom. The van der Waals surface area contributed by atoms with E-state index in [-0.39, 0.29) is 0 Å². The summed E-state index contributed by atoms with van der Waals surface area (Å²) in [5.74, 6) is 0. The summed E-state index contributed by atoms with van der Waals surface area (Å²) in [4.78, 5) is 0. The van der Waals surface area contributed by atoms with Gasteiger partial charge in [0, 0.05) is 6.61 Å². The van der Waals surface area contributed by atoms with Crippen molar-refractivity contribution in [3.8, 4) is 0 Å². The Balaban J connectivity index is 2.47. The van der Waals surface area contributed by atoms with Crippen LogP contribution in [0.5, 0.6) is 0 Å². The first-order chi connectivity index (χ1) is 5.66. The van der Waals surface area contributed by atoms with Crippen molar-refractivity contribution in [3.05, 3.63) is 23.8 Å². The largest absolute Gasteiger partial charge is 0.396 e. The molecule has 1 aliphatic rings. The highest BCUT2D eigenvalue weighted by atomic mass is 16.2. The molecule has 0 radical (unpaired) electrons. The lowest BCUT2D eigenvalue weighted by molar-refractivity contribution is 0.255. The van der Waals surface area contributed by atoms with E-state index in [1.165, 1.54) is 5.57 Å². The molecular weight excluding hydrogens is 148 g/mol. The first-order valence-electron chi connectivity index (χ1n) is 4.63. The Kier molecular flexibility index (Phi) is 3.10. The zero-order valence-electron chi connectivity index (χ0n) is 8.01. The molecule has 0 amide bonds. The molecule has 1 heteroatoms. The van der Waals surface area contributed by atoms with Crippen molar-refractivity contribution >= 4 is 0 Å². The highest BCUT2D eigenvalue weighted by molar-refractivity contribution is 5.24. The van der Waals surface area contributed by atoms with Crippen molar-refractivity contribution in [1.29, 1.82) is 0 Å². The molecule has 0 saturated carbocycles. The molecule has 0 fully saturated rings. The minimum Gasteiger partial charge on any atom is -0.396 e. The third-order valence-corrected chi connectivity index (χ3v) is 2.54. The molecule has 0 heterocycles. The molecular formula is C11H18O. The predicted molar refractivity (Wildman–Crippen MR) is 51.9 cm³/mol. The maximum Gasteiger partial charge on any atom is 0.0431 e. The molecule has 12 heavy (non-hydrogen) atoms. The molecule has 1 unspecified atom stereocenters. The number of allylic oxidation sites excluding steroid dienone is 4. The van der Waals surface area contributed by atoms with Crippen LogP contribution in [-0.4, -0.2) is 11.7 Å².